The topological polar surface area (TPSA) is 93.1 Å². The molecule has 176 valence electrons. The lowest BCUT2D eigenvalue weighted by Gasteiger charge is -2.46. The van der Waals surface area contributed by atoms with Crippen molar-refractivity contribution < 1.29 is 29.3 Å². The van der Waals surface area contributed by atoms with Crippen molar-refractivity contribution in [2.24, 2.45) is 11.8 Å². The lowest BCUT2D eigenvalue weighted by atomic mass is 9.81. The fraction of sp³-hybridized carbons (Fsp3) is 0.538. The number of allylic oxidation sites excluding steroid dienone is 3. The molecule has 2 N–H and O–H groups in total. The SMILES string of the molecule is C/C=C(\C)C(=O)[C@@H](C)/C=C(\C)[C@H]1O[C@@](O)([C@](C)(O)C(=O)OCc2ccccc2)CC[C@@H]1C. The lowest BCUT2D eigenvalue weighted by Crippen LogP contribution is -2.63. The Hall–Kier alpha value is -2.28. The van der Waals surface area contributed by atoms with Crippen molar-refractivity contribution in [3.8, 4) is 0 Å². The molecule has 0 aliphatic carbocycles. The first-order chi connectivity index (χ1) is 14.9. The summed E-state index contributed by atoms with van der Waals surface area (Å²) in [5, 5.41) is 22.2. The first kappa shape index (κ1) is 26.0. The van der Waals surface area contributed by atoms with Crippen LogP contribution in [0.1, 0.15) is 59.9 Å². The Morgan fingerprint density at radius 1 is 1.31 bits per heavy atom. The molecule has 0 aromatic heterocycles. The third-order valence-electron chi connectivity index (χ3n) is 6.35. The Kier molecular flexibility index (Phi) is 8.57. The number of ether oxygens (including phenoxy) is 2. The number of hydrogen-bond acceptors (Lipinski definition) is 6. The van der Waals surface area contributed by atoms with Gasteiger partial charge < -0.3 is 19.7 Å². The van der Waals surface area contributed by atoms with Crippen LogP contribution in [-0.4, -0.2) is 39.5 Å². The summed E-state index contributed by atoms with van der Waals surface area (Å²) < 4.78 is 11.2. The average Bonchev–Trinajstić information content (AvgIpc) is 2.78. The third-order valence-corrected chi connectivity index (χ3v) is 6.35. The van der Waals surface area contributed by atoms with Crippen LogP contribution in [0.15, 0.2) is 53.6 Å². The minimum absolute atomic E-state index is 0.0158. The van der Waals surface area contributed by atoms with Gasteiger partial charge in [0.15, 0.2) is 5.78 Å². The van der Waals surface area contributed by atoms with Crippen LogP contribution in [0.5, 0.6) is 0 Å². The van der Waals surface area contributed by atoms with Crippen molar-refractivity contribution in [1.29, 1.82) is 0 Å². The van der Waals surface area contributed by atoms with Gasteiger partial charge in [-0.15, -0.1) is 0 Å². The normalized spacial score (nSPS) is 27.4. The first-order valence-corrected chi connectivity index (χ1v) is 11.1. The van der Waals surface area contributed by atoms with Gasteiger partial charge in [0.25, 0.3) is 0 Å². The quantitative estimate of drug-likeness (QED) is 0.356. The Labute approximate surface area is 190 Å². The first-order valence-electron chi connectivity index (χ1n) is 11.1. The van der Waals surface area contributed by atoms with Crippen LogP contribution in [0.4, 0.5) is 0 Å². The summed E-state index contributed by atoms with van der Waals surface area (Å²) in [4.78, 5) is 25.1. The second kappa shape index (κ2) is 10.6. The highest BCUT2D eigenvalue weighted by atomic mass is 16.7. The van der Waals surface area contributed by atoms with Gasteiger partial charge in [-0.2, -0.15) is 0 Å². The number of rotatable bonds is 8. The van der Waals surface area contributed by atoms with E-state index in [1.807, 2.05) is 52.0 Å². The minimum atomic E-state index is -2.26. The van der Waals surface area contributed by atoms with Crippen LogP contribution in [0.3, 0.4) is 0 Å². The second-order valence-corrected chi connectivity index (χ2v) is 9.01. The number of carbonyl (C=O) groups is 2. The van der Waals surface area contributed by atoms with Crippen LogP contribution in [0.25, 0.3) is 0 Å². The number of aliphatic hydroxyl groups is 2. The molecule has 0 saturated carbocycles. The summed E-state index contributed by atoms with van der Waals surface area (Å²) in [5.74, 6) is -3.37. The molecule has 0 spiro atoms. The standard InChI is InChI=1S/C26H36O6/c1-7-17(2)22(27)19(4)15-20(5)23-18(3)13-14-26(30,32-23)25(6,29)24(28)31-16-21-11-9-8-10-12-21/h7-12,15,18-19,23,29-30H,13-14,16H2,1-6H3/b17-7+,20-15+/t18-,19-,23-,25+,26+/m0/s1. The summed E-state index contributed by atoms with van der Waals surface area (Å²) in [7, 11) is 0. The maximum Gasteiger partial charge on any atom is 0.343 e. The molecule has 1 aliphatic rings. The van der Waals surface area contributed by atoms with Gasteiger partial charge in [0, 0.05) is 12.3 Å². The maximum absolute atomic E-state index is 12.7. The van der Waals surface area contributed by atoms with Gasteiger partial charge in [-0.25, -0.2) is 4.79 Å². The fourth-order valence-electron chi connectivity index (χ4n) is 3.95. The van der Waals surface area contributed by atoms with Gasteiger partial charge in [-0.1, -0.05) is 56.3 Å². The number of benzene rings is 1. The Balaban J connectivity index is 2.17. The van der Waals surface area contributed by atoms with E-state index in [9.17, 15) is 19.8 Å². The molecule has 1 fully saturated rings. The van der Waals surface area contributed by atoms with Gasteiger partial charge in [0.2, 0.25) is 11.4 Å². The van der Waals surface area contributed by atoms with Gasteiger partial charge in [-0.3, -0.25) is 4.79 Å². The fourth-order valence-corrected chi connectivity index (χ4v) is 3.95. The molecule has 1 aliphatic heterocycles. The highest BCUT2D eigenvalue weighted by molar-refractivity contribution is 5.97. The van der Waals surface area contributed by atoms with Crippen molar-refractivity contribution in [3.63, 3.8) is 0 Å². The summed E-state index contributed by atoms with van der Waals surface area (Å²) in [6.07, 6.45) is 3.66. The highest BCUT2D eigenvalue weighted by Gasteiger charge is 2.57. The Morgan fingerprint density at radius 3 is 2.53 bits per heavy atom. The van der Waals surface area contributed by atoms with Crippen LogP contribution >= 0.6 is 0 Å². The molecule has 2 rings (SSSR count). The van der Waals surface area contributed by atoms with Gasteiger partial charge in [0.05, 0.1) is 6.10 Å². The molecule has 6 nitrogen and oxygen atoms in total. The molecular weight excluding hydrogens is 408 g/mol. The molecule has 1 heterocycles. The van der Waals surface area contributed by atoms with E-state index in [2.05, 4.69) is 0 Å². The number of esters is 1. The molecule has 1 saturated heterocycles. The number of Topliss-reactive ketones (excluding diaryl/α,β-unsaturated/α-hetero) is 1. The van der Waals surface area contributed by atoms with E-state index in [-0.39, 0.29) is 30.6 Å². The maximum atomic E-state index is 12.7. The van der Waals surface area contributed by atoms with E-state index < -0.39 is 23.5 Å². The third kappa shape index (κ3) is 5.74. The molecule has 6 heteroatoms. The van der Waals surface area contributed by atoms with Crippen molar-refractivity contribution >= 4 is 11.8 Å². The molecule has 1 aromatic rings. The van der Waals surface area contributed by atoms with E-state index >= 15 is 0 Å². The summed E-state index contributed by atoms with van der Waals surface area (Å²) in [6.45, 7) is 10.4. The zero-order chi connectivity index (χ0) is 24.1. The van der Waals surface area contributed by atoms with E-state index in [0.717, 1.165) is 11.1 Å². The van der Waals surface area contributed by atoms with E-state index in [4.69, 9.17) is 9.47 Å². The second-order valence-electron chi connectivity index (χ2n) is 9.01. The average molecular weight is 445 g/mol. The monoisotopic (exact) mass is 444 g/mol. The molecule has 32 heavy (non-hydrogen) atoms. The molecule has 1 aromatic carbocycles. The van der Waals surface area contributed by atoms with Crippen LogP contribution < -0.4 is 0 Å². The Morgan fingerprint density at radius 2 is 1.94 bits per heavy atom. The van der Waals surface area contributed by atoms with Crippen molar-refractivity contribution in [2.75, 3.05) is 0 Å². The van der Waals surface area contributed by atoms with Crippen LogP contribution in [0, 0.1) is 11.8 Å². The van der Waals surface area contributed by atoms with E-state index in [1.54, 1.807) is 25.1 Å². The zero-order valence-electron chi connectivity index (χ0n) is 19.9. The molecular formula is C26H36O6. The molecule has 0 bridgehead atoms. The number of hydrogen-bond donors (Lipinski definition) is 2. The van der Waals surface area contributed by atoms with Gasteiger partial charge in [-0.05, 0) is 56.7 Å². The summed E-state index contributed by atoms with van der Waals surface area (Å²) in [5.41, 5.74) is -0.0363. The van der Waals surface area contributed by atoms with E-state index in [0.29, 0.717) is 12.0 Å². The summed E-state index contributed by atoms with van der Waals surface area (Å²) >= 11 is 0. The molecule has 0 unspecified atom stereocenters. The largest absolute Gasteiger partial charge is 0.459 e. The van der Waals surface area contributed by atoms with Gasteiger partial charge in [0.1, 0.15) is 6.61 Å². The number of ketones is 1. The number of carbonyl (C=O) groups excluding carboxylic acids is 2. The minimum Gasteiger partial charge on any atom is -0.459 e. The van der Waals surface area contributed by atoms with Crippen LogP contribution in [-0.2, 0) is 25.7 Å². The summed E-state index contributed by atoms with van der Waals surface area (Å²) in [6, 6.07) is 9.11. The Bertz CT molecular complexity index is 870. The lowest BCUT2D eigenvalue weighted by molar-refractivity contribution is -0.326. The smallest absolute Gasteiger partial charge is 0.343 e. The van der Waals surface area contributed by atoms with Crippen molar-refractivity contribution in [2.45, 2.75) is 78.5 Å². The van der Waals surface area contributed by atoms with Crippen molar-refractivity contribution in [3.05, 3.63) is 59.2 Å². The predicted octanol–water partition coefficient (Wildman–Crippen LogP) is 4.10. The molecule has 0 radical (unpaired) electrons. The van der Waals surface area contributed by atoms with Crippen LogP contribution in [0.2, 0.25) is 0 Å². The molecule has 5 atom stereocenters. The highest BCUT2D eigenvalue weighted by Crippen LogP contribution is 2.41. The van der Waals surface area contributed by atoms with Crippen molar-refractivity contribution in [1.82, 2.24) is 0 Å². The van der Waals surface area contributed by atoms with E-state index in [1.165, 1.54) is 6.92 Å². The predicted molar refractivity (Wildman–Crippen MR) is 122 cm³/mol. The molecule has 0 amide bonds. The zero-order valence-corrected chi connectivity index (χ0v) is 19.9. The van der Waals surface area contributed by atoms with Gasteiger partial charge >= 0.3 is 5.97 Å².